The van der Waals surface area contributed by atoms with Crippen LogP contribution in [0.3, 0.4) is 0 Å². The molecule has 0 bridgehead atoms. The molecule has 144 valence electrons. The van der Waals surface area contributed by atoms with E-state index in [0.29, 0.717) is 31.0 Å². The summed E-state index contributed by atoms with van der Waals surface area (Å²) >= 11 is 0. The van der Waals surface area contributed by atoms with Crippen LogP contribution in [0.4, 0.5) is 5.69 Å². The summed E-state index contributed by atoms with van der Waals surface area (Å²) in [6, 6.07) is 9.33. The minimum atomic E-state index is -0.535. The van der Waals surface area contributed by atoms with Crippen LogP contribution in [0, 0.1) is 5.92 Å². The fourth-order valence-corrected chi connectivity index (χ4v) is 4.49. The van der Waals surface area contributed by atoms with Crippen LogP contribution < -0.4 is 5.32 Å². The molecule has 2 fully saturated rings. The molecule has 6 nitrogen and oxygen atoms in total. The van der Waals surface area contributed by atoms with Crippen molar-refractivity contribution < 1.29 is 14.4 Å². The molecule has 2 aliphatic heterocycles. The third-order valence-electron chi connectivity index (χ3n) is 5.96. The van der Waals surface area contributed by atoms with E-state index in [4.69, 9.17) is 4.84 Å². The quantitative estimate of drug-likeness (QED) is 0.885. The van der Waals surface area contributed by atoms with E-state index in [9.17, 15) is 9.59 Å². The Kier molecular flexibility index (Phi) is 5.14. The van der Waals surface area contributed by atoms with Gasteiger partial charge >= 0.3 is 0 Å². The van der Waals surface area contributed by atoms with Gasteiger partial charge in [0, 0.05) is 25.1 Å². The largest absolute Gasteiger partial charge is 0.386 e. The molecule has 1 spiro atoms. The number of hydrogen-bond acceptors (Lipinski definition) is 4. The molecule has 6 heteroatoms. The van der Waals surface area contributed by atoms with Gasteiger partial charge in [-0.2, -0.15) is 0 Å². The average molecular weight is 369 g/mol. The number of likely N-dealkylation sites (tertiary alicyclic amines) is 1. The molecule has 0 unspecified atom stereocenters. The molecule has 1 aromatic rings. The molecule has 1 N–H and O–H groups in total. The minimum absolute atomic E-state index is 0.228. The van der Waals surface area contributed by atoms with Crippen molar-refractivity contribution in [3.8, 4) is 0 Å². The average Bonchev–Trinajstić information content (AvgIpc) is 3.33. The van der Waals surface area contributed by atoms with Crippen LogP contribution >= 0.6 is 0 Å². The molecule has 1 aromatic carbocycles. The number of nitrogens with one attached hydrogen (secondary N) is 1. The minimum Gasteiger partial charge on any atom is -0.386 e. The SMILES string of the molecule is O=C(Nc1ccccc1)C1=NO[C@]2(CCCN(C(=O)CC3CCCC3)C2)C1. The summed E-state index contributed by atoms with van der Waals surface area (Å²) < 4.78 is 0. The number of hydrogen-bond donors (Lipinski definition) is 1. The summed E-state index contributed by atoms with van der Waals surface area (Å²) in [5.41, 5.74) is 0.611. The monoisotopic (exact) mass is 369 g/mol. The predicted octanol–water partition coefficient (Wildman–Crippen LogP) is 3.34. The summed E-state index contributed by atoms with van der Waals surface area (Å²) in [4.78, 5) is 32.9. The molecule has 2 amide bonds. The molecule has 1 saturated carbocycles. The van der Waals surface area contributed by atoms with Gasteiger partial charge in [-0.05, 0) is 43.7 Å². The highest BCUT2D eigenvalue weighted by atomic mass is 16.7. The van der Waals surface area contributed by atoms with E-state index in [-0.39, 0.29) is 11.8 Å². The van der Waals surface area contributed by atoms with Crippen molar-refractivity contribution in [1.82, 2.24) is 4.90 Å². The Morgan fingerprint density at radius 1 is 1.19 bits per heavy atom. The van der Waals surface area contributed by atoms with Gasteiger partial charge in [0.1, 0.15) is 5.71 Å². The first kappa shape index (κ1) is 18.0. The number of nitrogens with zero attached hydrogens (tertiary/aromatic N) is 2. The van der Waals surface area contributed by atoms with E-state index in [1.807, 2.05) is 35.2 Å². The first-order chi connectivity index (χ1) is 13.1. The first-order valence-corrected chi connectivity index (χ1v) is 10.0. The molecule has 0 aromatic heterocycles. The molecule has 1 saturated heterocycles. The third kappa shape index (κ3) is 4.15. The van der Waals surface area contributed by atoms with Crippen molar-refractivity contribution in [2.24, 2.45) is 11.1 Å². The Bertz CT molecular complexity index is 727. The van der Waals surface area contributed by atoms with Gasteiger partial charge in [0.15, 0.2) is 5.60 Å². The van der Waals surface area contributed by atoms with Gasteiger partial charge in [-0.25, -0.2) is 0 Å². The number of piperidine rings is 1. The van der Waals surface area contributed by atoms with Crippen LogP contribution in [0.5, 0.6) is 0 Å². The standard InChI is InChI=1S/C21H27N3O3/c25-19(13-16-7-4-5-8-16)24-12-6-11-21(15-24)14-18(23-27-21)20(26)22-17-9-2-1-3-10-17/h1-3,9-10,16H,4-8,11-15H2,(H,22,26)/t21-/m1/s1. The van der Waals surface area contributed by atoms with Crippen LogP contribution in [-0.4, -0.2) is 41.1 Å². The second-order valence-electron chi connectivity index (χ2n) is 8.08. The summed E-state index contributed by atoms with van der Waals surface area (Å²) in [6.45, 7) is 1.31. The highest BCUT2D eigenvalue weighted by Gasteiger charge is 2.45. The van der Waals surface area contributed by atoms with Crippen LogP contribution in [0.25, 0.3) is 0 Å². The molecule has 4 rings (SSSR count). The fraction of sp³-hybridized carbons (Fsp3) is 0.571. The van der Waals surface area contributed by atoms with Crippen molar-refractivity contribution in [2.75, 3.05) is 18.4 Å². The van der Waals surface area contributed by atoms with Crippen molar-refractivity contribution in [3.05, 3.63) is 30.3 Å². The topological polar surface area (TPSA) is 71.0 Å². The number of rotatable bonds is 4. The van der Waals surface area contributed by atoms with Crippen LogP contribution in [0.2, 0.25) is 0 Å². The Hall–Kier alpha value is -2.37. The lowest BCUT2D eigenvalue weighted by Crippen LogP contribution is -2.51. The zero-order valence-electron chi connectivity index (χ0n) is 15.7. The van der Waals surface area contributed by atoms with E-state index in [0.717, 1.165) is 25.1 Å². The maximum absolute atomic E-state index is 12.7. The van der Waals surface area contributed by atoms with Crippen LogP contribution in [-0.2, 0) is 14.4 Å². The zero-order valence-corrected chi connectivity index (χ0v) is 15.7. The van der Waals surface area contributed by atoms with E-state index in [2.05, 4.69) is 10.5 Å². The number of amides is 2. The molecule has 1 atom stereocenters. The molecule has 0 radical (unpaired) electrons. The Morgan fingerprint density at radius 3 is 2.74 bits per heavy atom. The third-order valence-corrected chi connectivity index (χ3v) is 5.96. The number of benzene rings is 1. The molecule has 1 aliphatic carbocycles. The van der Waals surface area contributed by atoms with E-state index in [1.54, 1.807) is 0 Å². The number of carbonyl (C=O) groups excluding carboxylic acids is 2. The highest BCUT2D eigenvalue weighted by molar-refractivity contribution is 6.43. The Labute approximate surface area is 159 Å². The molecular formula is C21H27N3O3. The van der Waals surface area contributed by atoms with E-state index >= 15 is 0 Å². The van der Waals surface area contributed by atoms with Crippen molar-refractivity contribution in [1.29, 1.82) is 0 Å². The Morgan fingerprint density at radius 2 is 1.96 bits per heavy atom. The number of anilines is 1. The van der Waals surface area contributed by atoms with Crippen LogP contribution in [0.1, 0.15) is 51.4 Å². The fourth-order valence-electron chi connectivity index (χ4n) is 4.49. The number of para-hydroxylation sites is 1. The predicted molar refractivity (Wildman–Crippen MR) is 103 cm³/mol. The smallest absolute Gasteiger partial charge is 0.273 e. The van der Waals surface area contributed by atoms with Gasteiger partial charge in [-0.1, -0.05) is 36.2 Å². The Balaban J connectivity index is 1.34. The van der Waals surface area contributed by atoms with E-state index in [1.165, 1.54) is 25.7 Å². The molecular weight excluding hydrogens is 342 g/mol. The van der Waals surface area contributed by atoms with Gasteiger partial charge in [0.05, 0.1) is 6.54 Å². The second-order valence-corrected chi connectivity index (χ2v) is 8.08. The molecule has 3 aliphatic rings. The van der Waals surface area contributed by atoms with Gasteiger partial charge in [0.25, 0.3) is 5.91 Å². The number of oxime groups is 1. The van der Waals surface area contributed by atoms with Crippen molar-refractivity contribution in [3.63, 3.8) is 0 Å². The maximum atomic E-state index is 12.7. The first-order valence-electron chi connectivity index (χ1n) is 10.0. The lowest BCUT2D eigenvalue weighted by Gasteiger charge is -2.38. The highest BCUT2D eigenvalue weighted by Crippen LogP contribution is 2.35. The summed E-state index contributed by atoms with van der Waals surface area (Å²) in [6.07, 6.45) is 7.67. The van der Waals surface area contributed by atoms with Crippen LogP contribution in [0.15, 0.2) is 35.5 Å². The maximum Gasteiger partial charge on any atom is 0.273 e. The van der Waals surface area contributed by atoms with Gasteiger partial charge in [-0.15, -0.1) is 0 Å². The van der Waals surface area contributed by atoms with Gasteiger partial charge in [0.2, 0.25) is 5.91 Å². The van der Waals surface area contributed by atoms with Crippen molar-refractivity contribution >= 4 is 23.2 Å². The number of carbonyl (C=O) groups is 2. The molecule has 27 heavy (non-hydrogen) atoms. The lowest BCUT2D eigenvalue weighted by atomic mass is 9.87. The van der Waals surface area contributed by atoms with E-state index < -0.39 is 5.60 Å². The lowest BCUT2D eigenvalue weighted by molar-refractivity contribution is -0.141. The summed E-state index contributed by atoms with van der Waals surface area (Å²) in [5, 5.41) is 6.93. The summed E-state index contributed by atoms with van der Waals surface area (Å²) in [5.74, 6) is 0.544. The summed E-state index contributed by atoms with van der Waals surface area (Å²) in [7, 11) is 0. The second kappa shape index (κ2) is 7.71. The van der Waals surface area contributed by atoms with Gasteiger partial charge < -0.3 is 15.1 Å². The van der Waals surface area contributed by atoms with Crippen molar-refractivity contribution in [2.45, 2.75) is 57.0 Å². The molecule has 2 heterocycles. The zero-order chi connectivity index (χ0) is 18.7. The normalized spacial score (nSPS) is 25.3. The van der Waals surface area contributed by atoms with Gasteiger partial charge in [-0.3, -0.25) is 9.59 Å².